The summed E-state index contributed by atoms with van der Waals surface area (Å²) in [5.41, 5.74) is 0.706. The number of rotatable bonds is 3. The molecule has 0 bridgehead atoms. The molecule has 0 saturated heterocycles. The van der Waals surface area contributed by atoms with Gasteiger partial charge >= 0.3 is 0 Å². The van der Waals surface area contributed by atoms with Gasteiger partial charge in [0.1, 0.15) is 5.75 Å². The van der Waals surface area contributed by atoms with Gasteiger partial charge in [0.15, 0.2) is 11.6 Å². The lowest BCUT2D eigenvalue weighted by Crippen LogP contribution is -1.87. The van der Waals surface area contributed by atoms with Gasteiger partial charge in [0.25, 0.3) is 0 Å². The maximum Gasteiger partial charge on any atom is 0.159 e. The number of hydrogen-bond acceptors (Lipinski definition) is 2. The van der Waals surface area contributed by atoms with E-state index < -0.39 is 11.6 Å². The molecule has 0 atom stereocenters. The molecule has 0 heterocycles. The summed E-state index contributed by atoms with van der Waals surface area (Å²) in [4.78, 5) is 0.884. The highest BCUT2D eigenvalue weighted by Crippen LogP contribution is 2.26. The van der Waals surface area contributed by atoms with E-state index in [1.807, 2.05) is 6.07 Å². The fraction of sp³-hybridized carbons (Fsp3) is 0.0769. The van der Waals surface area contributed by atoms with Crippen molar-refractivity contribution >= 4 is 11.8 Å². The average molecular weight is 252 g/mol. The van der Waals surface area contributed by atoms with Gasteiger partial charge in [0, 0.05) is 10.6 Å². The fourth-order valence-corrected chi connectivity index (χ4v) is 2.26. The number of thioether (sulfide) groups is 1. The zero-order valence-corrected chi connectivity index (χ0v) is 9.68. The summed E-state index contributed by atoms with van der Waals surface area (Å²) in [5.74, 6) is -0.948. The van der Waals surface area contributed by atoms with E-state index in [-0.39, 0.29) is 5.75 Å². The molecule has 4 heteroatoms. The van der Waals surface area contributed by atoms with Crippen molar-refractivity contribution in [3.63, 3.8) is 0 Å². The Morgan fingerprint density at radius 1 is 1.00 bits per heavy atom. The molecule has 2 rings (SSSR count). The number of aromatic hydroxyl groups is 1. The maximum absolute atomic E-state index is 12.9. The van der Waals surface area contributed by atoms with E-state index >= 15 is 0 Å². The van der Waals surface area contributed by atoms with Crippen molar-refractivity contribution in [2.75, 3.05) is 0 Å². The molecule has 2 aromatic carbocycles. The molecule has 0 amide bonds. The molecule has 0 radical (unpaired) electrons. The van der Waals surface area contributed by atoms with Crippen LogP contribution in [0.1, 0.15) is 5.56 Å². The molecule has 17 heavy (non-hydrogen) atoms. The third kappa shape index (κ3) is 3.20. The van der Waals surface area contributed by atoms with Crippen LogP contribution in [-0.4, -0.2) is 5.11 Å². The SMILES string of the molecule is Oc1cccc(SCc2ccc(F)c(F)c2)c1. The Morgan fingerprint density at radius 3 is 2.53 bits per heavy atom. The van der Waals surface area contributed by atoms with Crippen LogP contribution in [0, 0.1) is 11.6 Å². The monoisotopic (exact) mass is 252 g/mol. The summed E-state index contributed by atoms with van der Waals surface area (Å²) >= 11 is 1.45. The molecular formula is C13H10F2OS. The van der Waals surface area contributed by atoms with Gasteiger partial charge in [-0.25, -0.2) is 8.78 Å². The van der Waals surface area contributed by atoms with Gasteiger partial charge < -0.3 is 5.11 Å². The van der Waals surface area contributed by atoms with Crippen LogP contribution in [0.5, 0.6) is 5.75 Å². The van der Waals surface area contributed by atoms with E-state index in [0.29, 0.717) is 11.3 Å². The van der Waals surface area contributed by atoms with E-state index in [4.69, 9.17) is 0 Å². The molecular weight excluding hydrogens is 242 g/mol. The Kier molecular flexibility index (Phi) is 3.64. The molecule has 0 aromatic heterocycles. The summed E-state index contributed by atoms with van der Waals surface area (Å²) in [6.07, 6.45) is 0. The topological polar surface area (TPSA) is 20.2 Å². The molecule has 88 valence electrons. The van der Waals surface area contributed by atoms with Gasteiger partial charge in [-0.3, -0.25) is 0 Å². The minimum Gasteiger partial charge on any atom is -0.508 e. The Morgan fingerprint density at radius 2 is 1.82 bits per heavy atom. The molecule has 0 unspecified atom stereocenters. The third-order valence-electron chi connectivity index (χ3n) is 2.21. The van der Waals surface area contributed by atoms with Crippen LogP contribution in [-0.2, 0) is 5.75 Å². The lowest BCUT2D eigenvalue weighted by atomic mass is 10.2. The average Bonchev–Trinajstić information content (AvgIpc) is 2.31. The number of benzene rings is 2. The Balaban J connectivity index is 2.05. The van der Waals surface area contributed by atoms with Crippen LogP contribution in [0.4, 0.5) is 8.78 Å². The molecule has 1 N–H and O–H groups in total. The molecule has 0 fully saturated rings. The van der Waals surface area contributed by atoms with Crippen LogP contribution in [0.3, 0.4) is 0 Å². The van der Waals surface area contributed by atoms with Crippen LogP contribution >= 0.6 is 11.8 Å². The van der Waals surface area contributed by atoms with Crippen LogP contribution < -0.4 is 0 Å². The van der Waals surface area contributed by atoms with Crippen molar-refractivity contribution in [2.45, 2.75) is 10.6 Å². The van der Waals surface area contributed by atoms with Gasteiger partial charge in [-0.05, 0) is 35.9 Å². The quantitative estimate of drug-likeness (QED) is 0.834. The molecule has 0 saturated carbocycles. The zero-order valence-electron chi connectivity index (χ0n) is 8.86. The summed E-state index contributed by atoms with van der Waals surface area (Å²) in [7, 11) is 0. The Labute approximate surface area is 102 Å². The fourth-order valence-electron chi connectivity index (χ4n) is 1.37. The van der Waals surface area contributed by atoms with Gasteiger partial charge in [0.05, 0.1) is 0 Å². The lowest BCUT2D eigenvalue weighted by Gasteiger charge is -2.03. The van der Waals surface area contributed by atoms with Gasteiger partial charge in [-0.15, -0.1) is 11.8 Å². The first-order chi connectivity index (χ1) is 8.15. The minimum atomic E-state index is -0.837. The van der Waals surface area contributed by atoms with Crippen molar-refractivity contribution in [1.29, 1.82) is 0 Å². The highest BCUT2D eigenvalue weighted by Gasteiger charge is 2.03. The van der Waals surface area contributed by atoms with Gasteiger partial charge in [-0.1, -0.05) is 12.1 Å². The second-order valence-corrected chi connectivity index (χ2v) is 4.58. The van der Waals surface area contributed by atoms with Crippen molar-refractivity contribution in [1.82, 2.24) is 0 Å². The summed E-state index contributed by atoms with van der Waals surface area (Å²) < 4.78 is 25.6. The van der Waals surface area contributed by atoms with Crippen LogP contribution in [0.15, 0.2) is 47.4 Å². The van der Waals surface area contributed by atoms with Crippen molar-refractivity contribution < 1.29 is 13.9 Å². The third-order valence-corrected chi connectivity index (χ3v) is 3.27. The number of hydrogen-bond donors (Lipinski definition) is 1. The molecule has 0 aliphatic rings. The largest absolute Gasteiger partial charge is 0.508 e. The van der Waals surface area contributed by atoms with Crippen molar-refractivity contribution in [3.8, 4) is 5.75 Å². The summed E-state index contributed by atoms with van der Waals surface area (Å²) in [6, 6.07) is 10.7. The van der Waals surface area contributed by atoms with Crippen LogP contribution in [0.2, 0.25) is 0 Å². The second-order valence-electron chi connectivity index (χ2n) is 3.53. The smallest absolute Gasteiger partial charge is 0.159 e. The maximum atomic E-state index is 12.9. The first kappa shape index (κ1) is 11.9. The lowest BCUT2D eigenvalue weighted by molar-refractivity contribution is 0.474. The van der Waals surface area contributed by atoms with Crippen molar-refractivity contribution in [2.24, 2.45) is 0 Å². The highest BCUT2D eigenvalue weighted by molar-refractivity contribution is 7.98. The normalized spacial score (nSPS) is 10.5. The molecule has 0 aliphatic heterocycles. The Hall–Kier alpha value is -1.55. The standard InChI is InChI=1S/C13H10F2OS/c14-12-5-4-9(6-13(12)15)8-17-11-3-1-2-10(16)7-11/h1-7,16H,8H2. The van der Waals surface area contributed by atoms with E-state index in [1.54, 1.807) is 24.3 Å². The first-order valence-corrected chi connectivity index (χ1v) is 5.99. The number of halogens is 2. The molecule has 0 spiro atoms. The predicted octanol–water partition coefficient (Wildman–Crippen LogP) is 3.96. The van der Waals surface area contributed by atoms with E-state index in [9.17, 15) is 13.9 Å². The molecule has 0 aliphatic carbocycles. The van der Waals surface area contributed by atoms with Gasteiger partial charge in [-0.2, -0.15) is 0 Å². The molecule has 2 aromatic rings. The predicted molar refractivity (Wildman–Crippen MR) is 64.0 cm³/mol. The highest BCUT2D eigenvalue weighted by atomic mass is 32.2. The Bertz CT molecular complexity index is 529. The van der Waals surface area contributed by atoms with Gasteiger partial charge in [0.2, 0.25) is 0 Å². The van der Waals surface area contributed by atoms with E-state index in [0.717, 1.165) is 11.0 Å². The number of phenols is 1. The van der Waals surface area contributed by atoms with Crippen LogP contribution in [0.25, 0.3) is 0 Å². The summed E-state index contributed by atoms with van der Waals surface area (Å²) in [6.45, 7) is 0. The van der Waals surface area contributed by atoms with E-state index in [1.165, 1.54) is 17.8 Å². The van der Waals surface area contributed by atoms with Crippen molar-refractivity contribution in [3.05, 3.63) is 59.7 Å². The second kappa shape index (κ2) is 5.19. The number of phenolic OH excluding ortho intramolecular Hbond substituents is 1. The molecule has 1 nitrogen and oxygen atoms in total. The zero-order chi connectivity index (χ0) is 12.3. The summed E-state index contributed by atoms with van der Waals surface area (Å²) in [5, 5.41) is 9.27. The van der Waals surface area contributed by atoms with E-state index in [2.05, 4.69) is 0 Å². The minimum absolute atomic E-state index is 0.195. The first-order valence-electron chi connectivity index (χ1n) is 5.01.